The molecule has 0 unspecified atom stereocenters. The fraction of sp³-hybridized carbons (Fsp3) is 0.556. The molecule has 0 aromatic carbocycles. The van der Waals surface area contributed by atoms with Crippen LogP contribution in [0, 0.1) is 5.92 Å². The van der Waals surface area contributed by atoms with Crippen LogP contribution in [0.3, 0.4) is 0 Å². The van der Waals surface area contributed by atoms with Crippen molar-refractivity contribution >= 4 is 17.7 Å². The molecule has 0 radical (unpaired) electrons. The summed E-state index contributed by atoms with van der Waals surface area (Å²) in [6.07, 6.45) is 3.28. The molecule has 0 saturated heterocycles. The van der Waals surface area contributed by atoms with E-state index < -0.39 is 18.6 Å². The molecule has 1 aliphatic rings. The number of carbonyl (C=O) groups is 1. The molecule has 1 fully saturated rings. The molecule has 0 spiro atoms. The van der Waals surface area contributed by atoms with Crippen LogP contribution in [-0.2, 0) is 4.79 Å². The van der Waals surface area contributed by atoms with Gasteiger partial charge in [-0.15, -0.1) is 10.2 Å². The van der Waals surface area contributed by atoms with Crippen LogP contribution in [0.25, 0.3) is 11.4 Å². The van der Waals surface area contributed by atoms with Gasteiger partial charge in [-0.3, -0.25) is 14.3 Å². The average Bonchev–Trinajstić information content (AvgIpc) is 3.09. The van der Waals surface area contributed by atoms with E-state index in [1.165, 1.54) is 6.42 Å². The van der Waals surface area contributed by atoms with Crippen LogP contribution >= 0.6 is 11.8 Å². The molecule has 28 heavy (non-hydrogen) atoms. The number of amides is 1. The van der Waals surface area contributed by atoms with E-state index in [2.05, 4.69) is 22.1 Å². The van der Waals surface area contributed by atoms with Gasteiger partial charge in [0.1, 0.15) is 6.54 Å². The SMILES string of the molecule is C[C@H]1CCCC[C@H]1n1c(SCC(=O)NCC(F)(F)F)nnc1-c1cccnc1. The first-order chi connectivity index (χ1) is 13.3. The summed E-state index contributed by atoms with van der Waals surface area (Å²) in [5.74, 6) is 0.252. The van der Waals surface area contributed by atoms with Crippen molar-refractivity contribution in [2.45, 2.75) is 50.0 Å². The molecule has 0 aliphatic heterocycles. The van der Waals surface area contributed by atoms with Gasteiger partial charge in [-0.25, -0.2) is 0 Å². The Morgan fingerprint density at radius 3 is 2.79 bits per heavy atom. The van der Waals surface area contributed by atoms with Gasteiger partial charge in [0.15, 0.2) is 11.0 Å². The van der Waals surface area contributed by atoms with Crippen molar-refractivity contribution in [2.24, 2.45) is 5.92 Å². The van der Waals surface area contributed by atoms with Crippen LogP contribution in [0.15, 0.2) is 29.7 Å². The van der Waals surface area contributed by atoms with E-state index in [1.807, 2.05) is 22.0 Å². The first kappa shape index (κ1) is 20.6. The number of hydrogen-bond donors (Lipinski definition) is 1. The molecule has 6 nitrogen and oxygen atoms in total. The van der Waals surface area contributed by atoms with Crippen molar-refractivity contribution in [1.82, 2.24) is 25.1 Å². The molecule has 3 rings (SSSR count). The van der Waals surface area contributed by atoms with Gasteiger partial charge < -0.3 is 5.32 Å². The Morgan fingerprint density at radius 1 is 1.32 bits per heavy atom. The molecule has 0 bridgehead atoms. The van der Waals surface area contributed by atoms with Gasteiger partial charge in [0.05, 0.1) is 5.75 Å². The van der Waals surface area contributed by atoms with Crippen molar-refractivity contribution in [3.05, 3.63) is 24.5 Å². The van der Waals surface area contributed by atoms with Gasteiger partial charge in [-0.1, -0.05) is 31.5 Å². The molecule has 1 aliphatic carbocycles. The largest absolute Gasteiger partial charge is 0.405 e. The van der Waals surface area contributed by atoms with Crippen LogP contribution in [0.4, 0.5) is 13.2 Å². The molecule has 1 N–H and O–H groups in total. The third-order valence-electron chi connectivity index (χ3n) is 4.80. The third-order valence-corrected chi connectivity index (χ3v) is 5.74. The number of rotatable bonds is 6. The highest BCUT2D eigenvalue weighted by atomic mass is 32.2. The Bertz CT molecular complexity index is 796. The number of hydrogen-bond acceptors (Lipinski definition) is 5. The zero-order valence-electron chi connectivity index (χ0n) is 15.4. The molecule has 152 valence electrons. The highest BCUT2D eigenvalue weighted by molar-refractivity contribution is 7.99. The Hall–Kier alpha value is -2.10. The number of aromatic nitrogens is 4. The van der Waals surface area contributed by atoms with E-state index in [-0.39, 0.29) is 11.8 Å². The fourth-order valence-electron chi connectivity index (χ4n) is 3.43. The summed E-state index contributed by atoms with van der Waals surface area (Å²) < 4.78 is 38.8. The van der Waals surface area contributed by atoms with Crippen molar-refractivity contribution in [2.75, 3.05) is 12.3 Å². The number of nitrogens with zero attached hydrogens (tertiary/aromatic N) is 4. The van der Waals surface area contributed by atoms with Crippen LogP contribution in [-0.4, -0.2) is 44.1 Å². The Labute approximate surface area is 165 Å². The lowest BCUT2D eigenvalue weighted by atomic mass is 9.85. The van der Waals surface area contributed by atoms with Crippen LogP contribution in [0.2, 0.25) is 0 Å². The first-order valence-electron chi connectivity index (χ1n) is 9.16. The number of nitrogens with one attached hydrogen (secondary N) is 1. The predicted molar refractivity (Wildman–Crippen MR) is 99.7 cm³/mol. The monoisotopic (exact) mass is 413 g/mol. The zero-order valence-corrected chi connectivity index (χ0v) is 16.3. The lowest BCUT2D eigenvalue weighted by molar-refractivity contribution is -0.136. The van der Waals surface area contributed by atoms with E-state index in [9.17, 15) is 18.0 Å². The number of thioether (sulfide) groups is 1. The standard InChI is InChI=1S/C18H22F3N5OS/c1-12-5-2-3-7-14(12)26-16(13-6-4-8-22-9-13)24-25-17(26)28-10-15(27)23-11-18(19,20)21/h4,6,8-9,12,14H,2-3,5,7,10-11H2,1H3,(H,23,27)/t12-,14+/m0/s1. The molecule has 2 aromatic rings. The van der Waals surface area contributed by atoms with Crippen molar-refractivity contribution in [3.8, 4) is 11.4 Å². The predicted octanol–water partition coefficient (Wildman–Crippen LogP) is 3.86. The van der Waals surface area contributed by atoms with Crippen molar-refractivity contribution < 1.29 is 18.0 Å². The summed E-state index contributed by atoms with van der Waals surface area (Å²) in [6.45, 7) is 0.848. The Balaban J connectivity index is 1.81. The number of alkyl halides is 3. The highest BCUT2D eigenvalue weighted by Gasteiger charge is 2.30. The Morgan fingerprint density at radius 2 is 2.11 bits per heavy atom. The van der Waals surface area contributed by atoms with E-state index in [0.29, 0.717) is 16.9 Å². The van der Waals surface area contributed by atoms with Crippen LogP contribution in [0.5, 0.6) is 0 Å². The third kappa shape index (κ3) is 5.24. The van der Waals surface area contributed by atoms with Gasteiger partial charge in [0.25, 0.3) is 0 Å². The number of carbonyl (C=O) groups excluding carboxylic acids is 1. The van der Waals surface area contributed by atoms with Crippen LogP contribution in [0.1, 0.15) is 38.6 Å². The van der Waals surface area contributed by atoms with Gasteiger partial charge in [0, 0.05) is 24.0 Å². The summed E-state index contributed by atoms with van der Waals surface area (Å²) in [5.41, 5.74) is 0.821. The van der Waals surface area contributed by atoms with E-state index in [1.54, 1.807) is 12.4 Å². The molecular formula is C18H22F3N5OS. The minimum Gasteiger partial charge on any atom is -0.346 e. The van der Waals surface area contributed by atoms with Gasteiger partial charge >= 0.3 is 6.18 Å². The van der Waals surface area contributed by atoms with Crippen molar-refractivity contribution in [3.63, 3.8) is 0 Å². The maximum atomic E-state index is 12.3. The second-order valence-electron chi connectivity index (χ2n) is 6.93. The number of halogens is 3. The molecule has 2 aromatic heterocycles. The molecule has 1 saturated carbocycles. The summed E-state index contributed by atoms with van der Waals surface area (Å²) >= 11 is 1.11. The average molecular weight is 413 g/mol. The summed E-state index contributed by atoms with van der Waals surface area (Å²) in [4.78, 5) is 15.9. The maximum Gasteiger partial charge on any atom is 0.405 e. The minimum atomic E-state index is -4.43. The molecular weight excluding hydrogens is 391 g/mol. The topological polar surface area (TPSA) is 72.7 Å². The van der Waals surface area contributed by atoms with E-state index in [0.717, 1.165) is 36.6 Å². The summed E-state index contributed by atoms with van der Waals surface area (Å²) in [5, 5.41) is 11.0. The number of pyridine rings is 1. The molecule has 10 heteroatoms. The summed E-state index contributed by atoms with van der Waals surface area (Å²) in [7, 11) is 0. The molecule has 1 amide bonds. The van der Waals surface area contributed by atoms with Crippen molar-refractivity contribution in [1.29, 1.82) is 0 Å². The normalized spacial score (nSPS) is 20.1. The maximum absolute atomic E-state index is 12.3. The van der Waals surface area contributed by atoms with Crippen LogP contribution < -0.4 is 5.32 Å². The zero-order chi connectivity index (χ0) is 20.1. The molecule has 2 heterocycles. The summed E-state index contributed by atoms with van der Waals surface area (Å²) in [6, 6.07) is 3.89. The van der Waals surface area contributed by atoms with Gasteiger partial charge in [0.2, 0.25) is 5.91 Å². The highest BCUT2D eigenvalue weighted by Crippen LogP contribution is 2.38. The second kappa shape index (κ2) is 8.93. The fourth-order valence-corrected chi connectivity index (χ4v) is 4.25. The Kier molecular flexibility index (Phi) is 6.58. The van der Waals surface area contributed by atoms with E-state index >= 15 is 0 Å². The quantitative estimate of drug-likeness (QED) is 0.728. The smallest absolute Gasteiger partial charge is 0.346 e. The second-order valence-corrected chi connectivity index (χ2v) is 7.87. The van der Waals surface area contributed by atoms with E-state index in [4.69, 9.17) is 0 Å². The van der Waals surface area contributed by atoms with Gasteiger partial charge in [-0.2, -0.15) is 13.2 Å². The lowest BCUT2D eigenvalue weighted by Crippen LogP contribution is -2.34. The molecule has 2 atom stereocenters. The lowest BCUT2D eigenvalue weighted by Gasteiger charge is -2.31. The van der Waals surface area contributed by atoms with Gasteiger partial charge in [-0.05, 0) is 30.9 Å². The first-order valence-corrected chi connectivity index (χ1v) is 10.2. The minimum absolute atomic E-state index is 0.150.